The van der Waals surface area contributed by atoms with Crippen LogP contribution in [0.15, 0.2) is 0 Å². The molecule has 2 amide bonds. The third kappa shape index (κ3) is 4.18. The quantitative estimate of drug-likeness (QED) is 0.620. The molecule has 5 heteroatoms. The number of nitrogens with two attached hydrogens (primary N) is 1. The van der Waals surface area contributed by atoms with Crippen LogP contribution in [0.5, 0.6) is 0 Å². The number of unbranched alkanes of at least 4 members (excludes halogenated alkanes) is 1. The number of carbonyl (C=O) groups excluding carboxylic acids is 2. The summed E-state index contributed by atoms with van der Waals surface area (Å²) in [5, 5.41) is 2.76. The fourth-order valence-corrected chi connectivity index (χ4v) is 2.12. The van der Waals surface area contributed by atoms with Crippen molar-refractivity contribution in [3.8, 4) is 0 Å². The molecule has 0 aliphatic carbocycles. The first-order chi connectivity index (χ1) is 7.61. The topological polar surface area (TPSA) is 75.4 Å². The van der Waals surface area contributed by atoms with Crippen LogP contribution in [0, 0.1) is 0 Å². The molecule has 0 aromatic carbocycles. The first-order valence-electron chi connectivity index (χ1n) is 5.89. The second-order valence-corrected chi connectivity index (χ2v) is 4.29. The summed E-state index contributed by atoms with van der Waals surface area (Å²) < 4.78 is 0. The van der Waals surface area contributed by atoms with E-state index in [4.69, 9.17) is 5.73 Å². The van der Waals surface area contributed by atoms with Gasteiger partial charge in [0.05, 0.1) is 6.04 Å². The van der Waals surface area contributed by atoms with Crippen molar-refractivity contribution in [2.75, 3.05) is 19.6 Å². The molecule has 1 atom stereocenters. The van der Waals surface area contributed by atoms with Crippen molar-refractivity contribution in [2.45, 2.75) is 38.6 Å². The summed E-state index contributed by atoms with van der Waals surface area (Å²) in [6.07, 6.45) is 3.88. The van der Waals surface area contributed by atoms with Crippen molar-refractivity contribution in [1.82, 2.24) is 10.2 Å². The summed E-state index contributed by atoms with van der Waals surface area (Å²) in [5.41, 5.74) is 5.32. The number of amides is 2. The Morgan fingerprint density at radius 1 is 1.44 bits per heavy atom. The molecule has 1 rings (SSSR count). The molecule has 1 saturated heterocycles. The lowest BCUT2D eigenvalue weighted by Gasteiger charge is -2.21. The van der Waals surface area contributed by atoms with E-state index in [9.17, 15) is 9.59 Å². The lowest BCUT2D eigenvalue weighted by molar-refractivity contribution is -0.122. The maximum absolute atomic E-state index is 11.1. The molecule has 1 heterocycles. The van der Waals surface area contributed by atoms with E-state index in [0.29, 0.717) is 6.54 Å². The number of primary amides is 1. The smallest absolute Gasteiger partial charge is 0.234 e. The van der Waals surface area contributed by atoms with Crippen LogP contribution in [-0.2, 0) is 9.59 Å². The van der Waals surface area contributed by atoms with E-state index in [1.165, 1.54) is 6.92 Å². The van der Waals surface area contributed by atoms with E-state index in [1.807, 2.05) is 0 Å². The van der Waals surface area contributed by atoms with Gasteiger partial charge in [0.15, 0.2) is 0 Å². The van der Waals surface area contributed by atoms with E-state index in [-0.39, 0.29) is 17.9 Å². The van der Waals surface area contributed by atoms with Gasteiger partial charge < -0.3 is 11.1 Å². The Hall–Kier alpha value is -1.10. The number of hydrogen-bond donors (Lipinski definition) is 2. The summed E-state index contributed by atoms with van der Waals surface area (Å²) in [6, 6.07) is -0.0687. The molecular weight excluding hydrogens is 206 g/mol. The van der Waals surface area contributed by atoms with Gasteiger partial charge in [-0.1, -0.05) is 0 Å². The Balaban J connectivity index is 2.12. The third-order valence-electron chi connectivity index (χ3n) is 2.94. The molecule has 0 aromatic heterocycles. The minimum absolute atomic E-state index is 0.0104. The SMILES string of the molecule is CC(=O)NCCCCN1CCC[C@H]1C(N)=O. The third-order valence-corrected chi connectivity index (χ3v) is 2.94. The molecule has 3 N–H and O–H groups in total. The van der Waals surface area contributed by atoms with Crippen molar-refractivity contribution in [3.63, 3.8) is 0 Å². The van der Waals surface area contributed by atoms with Gasteiger partial charge in [-0.3, -0.25) is 14.5 Å². The summed E-state index contributed by atoms with van der Waals surface area (Å²) >= 11 is 0. The van der Waals surface area contributed by atoms with Gasteiger partial charge in [-0.2, -0.15) is 0 Å². The van der Waals surface area contributed by atoms with Crippen LogP contribution >= 0.6 is 0 Å². The molecule has 0 aromatic rings. The lowest BCUT2D eigenvalue weighted by Crippen LogP contribution is -2.40. The first kappa shape index (κ1) is 13.0. The minimum Gasteiger partial charge on any atom is -0.368 e. The number of likely N-dealkylation sites (tertiary alicyclic amines) is 1. The zero-order valence-corrected chi connectivity index (χ0v) is 9.87. The van der Waals surface area contributed by atoms with Crippen LogP contribution in [0.1, 0.15) is 32.6 Å². The summed E-state index contributed by atoms with van der Waals surface area (Å²) in [5.74, 6) is -0.199. The molecule has 1 aliphatic rings. The number of rotatable bonds is 6. The molecule has 0 bridgehead atoms. The van der Waals surface area contributed by atoms with E-state index >= 15 is 0 Å². The largest absolute Gasteiger partial charge is 0.368 e. The van der Waals surface area contributed by atoms with Gasteiger partial charge in [0.1, 0.15) is 0 Å². The number of hydrogen-bond acceptors (Lipinski definition) is 3. The van der Waals surface area contributed by atoms with Gasteiger partial charge in [0.25, 0.3) is 0 Å². The maximum Gasteiger partial charge on any atom is 0.234 e. The molecule has 0 unspecified atom stereocenters. The number of nitrogens with one attached hydrogen (secondary N) is 1. The van der Waals surface area contributed by atoms with Gasteiger partial charge >= 0.3 is 0 Å². The maximum atomic E-state index is 11.1. The van der Waals surface area contributed by atoms with E-state index < -0.39 is 0 Å². The predicted molar refractivity (Wildman–Crippen MR) is 61.7 cm³/mol. The van der Waals surface area contributed by atoms with Crippen LogP contribution in [0.3, 0.4) is 0 Å². The minimum atomic E-state index is -0.209. The van der Waals surface area contributed by atoms with E-state index in [1.54, 1.807) is 0 Å². The number of nitrogens with zero attached hydrogens (tertiary/aromatic N) is 1. The second-order valence-electron chi connectivity index (χ2n) is 4.29. The zero-order chi connectivity index (χ0) is 12.0. The number of carbonyl (C=O) groups is 2. The Morgan fingerprint density at radius 2 is 2.19 bits per heavy atom. The Bertz CT molecular complexity index is 256. The van der Waals surface area contributed by atoms with Gasteiger partial charge in [0.2, 0.25) is 11.8 Å². The fourth-order valence-electron chi connectivity index (χ4n) is 2.12. The molecule has 0 radical (unpaired) electrons. The molecule has 1 aliphatic heterocycles. The van der Waals surface area contributed by atoms with Gasteiger partial charge in [-0.05, 0) is 38.8 Å². The highest BCUT2D eigenvalue weighted by Gasteiger charge is 2.27. The Kier molecular flexibility index (Phi) is 5.25. The Morgan fingerprint density at radius 3 is 2.81 bits per heavy atom. The first-order valence-corrected chi connectivity index (χ1v) is 5.89. The average molecular weight is 227 g/mol. The summed E-state index contributed by atoms with van der Waals surface area (Å²) in [7, 11) is 0. The normalized spacial score (nSPS) is 20.9. The van der Waals surface area contributed by atoms with E-state index in [0.717, 1.165) is 38.8 Å². The molecule has 92 valence electrons. The average Bonchev–Trinajstić information content (AvgIpc) is 2.65. The molecule has 5 nitrogen and oxygen atoms in total. The predicted octanol–water partition coefficient (Wildman–Crippen LogP) is -0.148. The van der Waals surface area contributed by atoms with E-state index in [2.05, 4.69) is 10.2 Å². The highest BCUT2D eigenvalue weighted by molar-refractivity contribution is 5.80. The molecule has 0 saturated carbocycles. The highest BCUT2D eigenvalue weighted by Crippen LogP contribution is 2.16. The molecule has 1 fully saturated rings. The van der Waals surface area contributed by atoms with Crippen LogP contribution in [0.2, 0.25) is 0 Å². The van der Waals surface area contributed by atoms with Crippen molar-refractivity contribution in [1.29, 1.82) is 0 Å². The van der Waals surface area contributed by atoms with Crippen LogP contribution in [-0.4, -0.2) is 42.4 Å². The van der Waals surface area contributed by atoms with Gasteiger partial charge in [-0.25, -0.2) is 0 Å². The van der Waals surface area contributed by atoms with Crippen molar-refractivity contribution < 1.29 is 9.59 Å². The zero-order valence-electron chi connectivity index (χ0n) is 9.87. The van der Waals surface area contributed by atoms with Crippen LogP contribution in [0.25, 0.3) is 0 Å². The Labute approximate surface area is 96.4 Å². The lowest BCUT2D eigenvalue weighted by atomic mass is 10.2. The van der Waals surface area contributed by atoms with Crippen LogP contribution in [0.4, 0.5) is 0 Å². The molecule has 16 heavy (non-hydrogen) atoms. The monoisotopic (exact) mass is 227 g/mol. The summed E-state index contributed by atoms with van der Waals surface area (Å²) in [4.78, 5) is 23.9. The van der Waals surface area contributed by atoms with Gasteiger partial charge in [-0.15, -0.1) is 0 Å². The van der Waals surface area contributed by atoms with Crippen molar-refractivity contribution in [3.05, 3.63) is 0 Å². The van der Waals surface area contributed by atoms with Crippen LogP contribution < -0.4 is 11.1 Å². The van der Waals surface area contributed by atoms with Gasteiger partial charge in [0, 0.05) is 13.5 Å². The standard InChI is InChI=1S/C11H21N3O2/c1-9(15)13-6-2-3-7-14-8-4-5-10(14)11(12)16/h10H,2-8H2,1H3,(H2,12,16)(H,13,15)/t10-/m0/s1. The van der Waals surface area contributed by atoms with Crippen molar-refractivity contribution >= 4 is 11.8 Å². The fraction of sp³-hybridized carbons (Fsp3) is 0.818. The summed E-state index contributed by atoms with van der Waals surface area (Å²) in [6.45, 7) is 4.09. The van der Waals surface area contributed by atoms with Crippen molar-refractivity contribution in [2.24, 2.45) is 5.73 Å². The molecular formula is C11H21N3O2. The molecule has 0 spiro atoms. The highest BCUT2D eigenvalue weighted by atomic mass is 16.2. The second kappa shape index (κ2) is 6.48.